The number of ether oxygens (including phenoxy) is 1. The molecule has 1 fully saturated rings. The van der Waals surface area contributed by atoms with E-state index < -0.39 is 6.10 Å². The van der Waals surface area contributed by atoms with Gasteiger partial charge in [0.15, 0.2) is 6.10 Å². The number of hydrogen-bond acceptors (Lipinski definition) is 4. The van der Waals surface area contributed by atoms with Gasteiger partial charge >= 0.3 is 5.97 Å². The first-order chi connectivity index (χ1) is 15.3. The van der Waals surface area contributed by atoms with Crippen molar-refractivity contribution < 1.29 is 19.1 Å². The largest absolute Gasteiger partial charge is 0.452 e. The molecule has 2 atom stereocenters. The van der Waals surface area contributed by atoms with Gasteiger partial charge in [0, 0.05) is 35.4 Å². The zero-order chi connectivity index (χ0) is 22.8. The highest BCUT2D eigenvalue weighted by Crippen LogP contribution is 2.32. The molecule has 0 aliphatic carbocycles. The predicted octanol–water partition coefficient (Wildman–Crippen LogP) is 4.10. The van der Waals surface area contributed by atoms with Crippen LogP contribution in [0.25, 0.3) is 0 Å². The van der Waals surface area contributed by atoms with Crippen LogP contribution in [0.4, 0.5) is 5.69 Å². The SMILES string of the molecule is CC(OC(=O)C1CCN(C(=O)c2ccc(Cl)cc2)CC1)C(=O)N1c2ccccc2CC1C. The molecular weight excluding hydrogens is 428 g/mol. The van der Waals surface area contributed by atoms with E-state index in [2.05, 4.69) is 0 Å². The zero-order valence-corrected chi connectivity index (χ0v) is 19.0. The molecule has 0 spiro atoms. The van der Waals surface area contributed by atoms with E-state index in [1.54, 1.807) is 41.0 Å². The first-order valence-electron chi connectivity index (χ1n) is 11.0. The van der Waals surface area contributed by atoms with E-state index in [-0.39, 0.29) is 29.7 Å². The summed E-state index contributed by atoms with van der Waals surface area (Å²) in [6.07, 6.45) is 0.969. The van der Waals surface area contributed by atoms with Crippen molar-refractivity contribution in [3.05, 3.63) is 64.7 Å². The van der Waals surface area contributed by atoms with Gasteiger partial charge < -0.3 is 14.5 Å². The minimum atomic E-state index is -0.857. The number of likely N-dealkylation sites (tertiary alicyclic amines) is 1. The summed E-state index contributed by atoms with van der Waals surface area (Å²) in [4.78, 5) is 41.9. The lowest BCUT2D eigenvalue weighted by Crippen LogP contribution is -2.45. The molecule has 2 aliphatic heterocycles. The average Bonchev–Trinajstić information content (AvgIpc) is 3.14. The number of hydrogen-bond donors (Lipinski definition) is 0. The molecule has 168 valence electrons. The number of carbonyl (C=O) groups excluding carboxylic acids is 3. The van der Waals surface area contributed by atoms with Crippen LogP contribution in [0.2, 0.25) is 5.02 Å². The van der Waals surface area contributed by atoms with Crippen molar-refractivity contribution in [2.75, 3.05) is 18.0 Å². The third-order valence-corrected chi connectivity index (χ3v) is 6.54. The predicted molar refractivity (Wildman–Crippen MR) is 123 cm³/mol. The fourth-order valence-corrected chi connectivity index (χ4v) is 4.64. The summed E-state index contributed by atoms with van der Waals surface area (Å²) in [6.45, 7) is 4.58. The monoisotopic (exact) mass is 454 g/mol. The number of carbonyl (C=O) groups is 3. The average molecular weight is 455 g/mol. The summed E-state index contributed by atoms with van der Waals surface area (Å²) in [6, 6.07) is 14.6. The topological polar surface area (TPSA) is 66.9 Å². The fourth-order valence-electron chi connectivity index (χ4n) is 4.51. The van der Waals surface area contributed by atoms with Crippen molar-refractivity contribution in [3.63, 3.8) is 0 Å². The van der Waals surface area contributed by atoms with Gasteiger partial charge in [-0.1, -0.05) is 29.8 Å². The maximum Gasteiger partial charge on any atom is 0.309 e. The highest BCUT2D eigenvalue weighted by Gasteiger charge is 2.36. The van der Waals surface area contributed by atoms with Gasteiger partial charge in [-0.15, -0.1) is 0 Å². The highest BCUT2D eigenvalue weighted by molar-refractivity contribution is 6.30. The molecule has 7 heteroatoms. The second-order valence-electron chi connectivity index (χ2n) is 8.54. The van der Waals surface area contributed by atoms with Gasteiger partial charge in [-0.05, 0) is 69.0 Å². The lowest BCUT2D eigenvalue weighted by molar-refractivity contribution is -0.159. The van der Waals surface area contributed by atoms with Crippen molar-refractivity contribution in [3.8, 4) is 0 Å². The summed E-state index contributed by atoms with van der Waals surface area (Å²) in [5.74, 6) is -0.961. The molecule has 0 aromatic heterocycles. The quantitative estimate of drug-likeness (QED) is 0.652. The molecule has 0 saturated carbocycles. The van der Waals surface area contributed by atoms with Gasteiger partial charge in [0.25, 0.3) is 11.8 Å². The van der Waals surface area contributed by atoms with Crippen LogP contribution in [-0.4, -0.2) is 47.9 Å². The van der Waals surface area contributed by atoms with E-state index in [9.17, 15) is 14.4 Å². The molecule has 4 rings (SSSR count). The van der Waals surface area contributed by atoms with Crippen LogP contribution in [0, 0.1) is 5.92 Å². The van der Waals surface area contributed by atoms with E-state index in [1.165, 1.54) is 0 Å². The zero-order valence-electron chi connectivity index (χ0n) is 18.3. The molecule has 2 heterocycles. The Morgan fingerprint density at radius 3 is 2.38 bits per heavy atom. The molecule has 0 N–H and O–H groups in total. The lowest BCUT2D eigenvalue weighted by atomic mass is 9.96. The third-order valence-electron chi connectivity index (χ3n) is 6.29. The molecule has 1 saturated heterocycles. The van der Waals surface area contributed by atoms with E-state index in [0.717, 1.165) is 17.7 Å². The van der Waals surface area contributed by atoms with Gasteiger partial charge in [-0.25, -0.2) is 0 Å². The molecule has 2 aromatic rings. The minimum Gasteiger partial charge on any atom is -0.452 e. The Morgan fingerprint density at radius 1 is 1.03 bits per heavy atom. The minimum absolute atomic E-state index is 0.0307. The number of amides is 2. The van der Waals surface area contributed by atoms with Gasteiger partial charge in [-0.3, -0.25) is 14.4 Å². The van der Waals surface area contributed by atoms with Crippen molar-refractivity contribution in [1.29, 1.82) is 0 Å². The van der Waals surface area contributed by atoms with Gasteiger partial charge in [0.2, 0.25) is 0 Å². The lowest BCUT2D eigenvalue weighted by Gasteiger charge is -2.32. The van der Waals surface area contributed by atoms with Gasteiger partial charge in [-0.2, -0.15) is 0 Å². The van der Waals surface area contributed by atoms with Crippen LogP contribution >= 0.6 is 11.6 Å². The summed E-state index contributed by atoms with van der Waals surface area (Å²) in [5.41, 5.74) is 2.60. The number of nitrogens with zero attached hydrogens (tertiary/aromatic N) is 2. The number of anilines is 1. The normalized spacial score (nSPS) is 19.4. The number of rotatable bonds is 4. The molecule has 0 bridgehead atoms. The number of fused-ring (bicyclic) bond motifs is 1. The molecule has 6 nitrogen and oxygen atoms in total. The molecule has 2 unspecified atom stereocenters. The van der Waals surface area contributed by atoms with Crippen LogP contribution in [0.1, 0.15) is 42.6 Å². The van der Waals surface area contributed by atoms with Crippen LogP contribution in [0.15, 0.2) is 48.5 Å². The number of halogens is 1. The fraction of sp³-hybridized carbons (Fsp3) is 0.400. The Bertz CT molecular complexity index is 1010. The van der Waals surface area contributed by atoms with Crippen molar-refractivity contribution >= 4 is 35.1 Å². The van der Waals surface area contributed by atoms with Gasteiger partial charge in [0.1, 0.15) is 0 Å². The number of benzene rings is 2. The second kappa shape index (κ2) is 9.33. The Kier molecular flexibility index (Phi) is 6.51. The molecule has 32 heavy (non-hydrogen) atoms. The molecule has 2 aromatic carbocycles. The second-order valence-corrected chi connectivity index (χ2v) is 8.98. The smallest absolute Gasteiger partial charge is 0.309 e. The van der Waals surface area contributed by atoms with Crippen LogP contribution < -0.4 is 4.90 Å². The Morgan fingerprint density at radius 2 is 1.69 bits per heavy atom. The number of piperidine rings is 1. The maximum absolute atomic E-state index is 13.0. The Balaban J connectivity index is 1.31. The Labute approximate surface area is 193 Å². The van der Waals surface area contributed by atoms with Crippen LogP contribution in [0.5, 0.6) is 0 Å². The van der Waals surface area contributed by atoms with Gasteiger partial charge in [0.05, 0.1) is 5.92 Å². The summed E-state index contributed by atoms with van der Waals surface area (Å²) >= 11 is 5.89. The maximum atomic E-state index is 13.0. The third kappa shape index (κ3) is 4.51. The summed E-state index contributed by atoms with van der Waals surface area (Å²) in [5, 5.41) is 0.582. The standard InChI is InChI=1S/C25H27ClN2O4/c1-16-15-20-5-3-4-6-22(20)28(16)23(29)17(2)32-25(31)19-11-13-27(14-12-19)24(30)18-7-9-21(26)10-8-18/h3-10,16-17,19H,11-15H2,1-2H3. The first-order valence-corrected chi connectivity index (χ1v) is 11.4. The van der Waals surface area contributed by atoms with Crippen molar-refractivity contribution in [1.82, 2.24) is 4.90 Å². The molecule has 0 radical (unpaired) electrons. The van der Waals surface area contributed by atoms with E-state index in [0.29, 0.717) is 36.5 Å². The van der Waals surface area contributed by atoms with Crippen molar-refractivity contribution in [2.45, 2.75) is 45.3 Å². The first kappa shape index (κ1) is 22.3. The van der Waals surface area contributed by atoms with Crippen LogP contribution in [-0.2, 0) is 20.7 Å². The Hall–Kier alpha value is -2.86. The molecule has 2 amide bonds. The van der Waals surface area contributed by atoms with E-state index in [4.69, 9.17) is 16.3 Å². The summed E-state index contributed by atoms with van der Waals surface area (Å²) in [7, 11) is 0. The van der Waals surface area contributed by atoms with E-state index >= 15 is 0 Å². The van der Waals surface area contributed by atoms with Crippen LogP contribution in [0.3, 0.4) is 0 Å². The molecule has 2 aliphatic rings. The summed E-state index contributed by atoms with van der Waals surface area (Å²) < 4.78 is 5.57. The molecular formula is C25H27ClN2O4. The van der Waals surface area contributed by atoms with Crippen molar-refractivity contribution in [2.24, 2.45) is 5.92 Å². The number of para-hydroxylation sites is 1. The van der Waals surface area contributed by atoms with E-state index in [1.807, 2.05) is 31.2 Å². The number of esters is 1. The highest BCUT2D eigenvalue weighted by atomic mass is 35.5.